The van der Waals surface area contributed by atoms with Gasteiger partial charge in [-0.25, -0.2) is 0 Å². The number of rotatable bonds is 2. The smallest absolute Gasteiger partial charge is 0.252 e. The minimum atomic E-state index is 0.123. The van der Waals surface area contributed by atoms with Crippen LogP contribution in [0.15, 0.2) is 176 Å². The first-order valence-corrected chi connectivity index (χ1v) is 23.2. The van der Waals surface area contributed by atoms with E-state index in [9.17, 15) is 0 Å². The van der Waals surface area contributed by atoms with E-state index >= 15 is 0 Å². The molecule has 2 nitrogen and oxygen atoms in total. The van der Waals surface area contributed by atoms with E-state index in [2.05, 4.69) is 186 Å². The quantitative estimate of drug-likeness (QED) is 0.127. The minimum Gasteiger partial charge on any atom is -0.311 e. The lowest BCUT2D eigenvalue weighted by Crippen LogP contribution is -2.61. The highest BCUT2D eigenvalue weighted by Gasteiger charge is 2.46. The van der Waals surface area contributed by atoms with Crippen molar-refractivity contribution in [2.75, 3.05) is 9.80 Å². The first-order chi connectivity index (χ1) is 31.3. The van der Waals surface area contributed by atoms with Gasteiger partial charge in [0.25, 0.3) is 6.71 Å². The third kappa shape index (κ3) is 4.54. The third-order valence-electron chi connectivity index (χ3n) is 15.9. The van der Waals surface area contributed by atoms with Crippen molar-refractivity contribution in [3.05, 3.63) is 209 Å². The van der Waals surface area contributed by atoms with Crippen molar-refractivity contribution in [2.45, 2.75) is 50.4 Å². The van der Waals surface area contributed by atoms with Crippen molar-refractivity contribution in [3.63, 3.8) is 0 Å². The van der Waals surface area contributed by atoms with E-state index in [-0.39, 0.29) is 6.71 Å². The van der Waals surface area contributed by atoms with Gasteiger partial charge in [0, 0.05) is 45.7 Å². The molecule has 0 spiro atoms. The van der Waals surface area contributed by atoms with Gasteiger partial charge in [0.05, 0.1) is 5.69 Å². The zero-order chi connectivity index (χ0) is 40.9. The predicted octanol–water partition coefficient (Wildman–Crippen LogP) is 13.2. The molecule has 0 N–H and O–H groups in total. The first-order valence-electron chi connectivity index (χ1n) is 23.2. The number of aryl methyl sites for hydroxylation is 2. The van der Waals surface area contributed by atoms with Crippen LogP contribution < -0.4 is 26.2 Å². The Morgan fingerprint density at radius 2 is 0.968 bits per heavy atom. The van der Waals surface area contributed by atoms with Crippen LogP contribution in [0.5, 0.6) is 0 Å². The molecule has 0 saturated heterocycles. The summed E-state index contributed by atoms with van der Waals surface area (Å²) in [6.45, 7) is 0.123. The molecule has 0 bridgehead atoms. The second-order valence-electron chi connectivity index (χ2n) is 18.8. The average molecular weight is 803 g/mol. The van der Waals surface area contributed by atoms with Gasteiger partial charge < -0.3 is 9.80 Å². The number of hydrogen-bond donors (Lipinski definition) is 0. The minimum absolute atomic E-state index is 0.123. The van der Waals surface area contributed by atoms with Crippen molar-refractivity contribution < 1.29 is 0 Å². The second-order valence-corrected chi connectivity index (χ2v) is 18.8. The Labute approximate surface area is 368 Å². The first kappa shape index (κ1) is 34.5. The van der Waals surface area contributed by atoms with Crippen LogP contribution in [0.25, 0.3) is 43.4 Å². The zero-order valence-electron chi connectivity index (χ0n) is 35.1. The number of fused-ring (bicyclic) bond motifs is 20. The summed E-state index contributed by atoms with van der Waals surface area (Å²) in [4.78, 5) is 5.43. The summed E-state index contributed by atoms with van der Waals surface area (Å²) in [5.74, 6) is 0.631. The lowest BCUT2D eigenvalue weighted by molar-refractivity contribution is 0.720. The number of hydrogen-bond acceptors (Lipinski definition) is 2. The van der Waals surface area contributed by atoms with Gasteiger partial charge in [-0.2, -0.15) is 0 Å². The van der Waals surface area contributed by atoms with Crippen LogP contribution in [-0.4, -0.2) is 6.71 Å². The van der Waals surface area contributed by atoms with Gasteiger partial charge in [-0.05, 0) is 157 Å². The van der Waals surface area contributed by atoms with Crippen molar-refractivity contribution >= 4 is 89.5 Å². The molecule has 296 valence electrons. The van der Waals surface area contributed by atoms with E-state index < -0.39 is 0 Å². The van der Waals surface area contributed by atoms with Gasteiger partial charge in [-0.15, -0.1) is 0 Å². The largest absolute Gasteiger partial charge is 0.311 e. The Hall–Kier alpha value is -7.10. The van der Waals surface area contributed by atoms with Crippen molar-refractivity contribution in [1.29, 1.82) is 0 Å². The molecule has 0 amide bonds. The molecule has 2 heterocycles. The summed E-state index contributed by atoms with van der Waals surface area (Å²) in [5, 5.41) is 7.89. The monoisotopic (exact) mass is 802 g/mol. The van der Waals surface area contributed by atoms with Gasteiger partial charge in [0.15, 0.2) is 0 Å². The van der Waals surface area contributed by atoms with Gasteiger partial charge in [0.1, 0.15) is 0 Å². The molecule has 2 aliphatic heterocycles. The highest BCUT2D eigenvalue weighted by atomic mass is 15.2. The van der Waals surface area contributed by atoms with Crippen LogP contribution in [0.1, 0.15) is 58.1 Å². The molecule has 0 aromatic heterocycles. The van der Waals surface area contributed by atoms with Crippen LogP contribution in [-0.2, 0) is 25.7 Å². The van der Waals surface area contributed by atoms with E-state index in [1.165, 1.54) is 135 Å². The molecule has 4 aliphatic carbocycles. The third-order valence-corrected chi connectivity index (χ3v) is 15.9. The highest BCUT2D eigenvalue weighted by molar-refractivity contribution is 7.00. The maximum absolute atomic E-state index is 2.72. The molecule has 2 atom stereocenters. The van der Waals surface area contributed by atoms with Crippen molar-refractivity contribution in [1.82, 2.24) is 0 Å². The molecule has 0 radical (unpaired) electrons. The van der Waals surface area contributed by atoms with E-state index in [0.717, 1.165) is 25.7 Å². The summed E-state index contributed by atoms with van der Waals surface area (Å²) in [6.07, 6.45) is 16.3. The lowest BCUT2D eigenvalue weighted by atomic mass is 9.33. The summed E-state index contributed by atoms with van der Waals surface area (Å²) in [5.41, 5.74) is 24.0. The van der Waals surface area contributed by atoms with Crippen LogP contribution in [0, 0.1) is 0 Å². The molecule has 3 heteroatoms. The zero-order valence-corrected chi connectivity index (χ0v) is 35.1. The van der Waals surface area contributed by atoms with E-state index in [4.69, 9.17) is 0 Å². The normalized spacial score (nSPS) is 18.2. The summed E-state index contributed by atoms with van der Waals surface area (Å²) >= 11 is 0. The Bertz CT molecular complexity index is 3530. The van der Waals surface area contributed by atoms with Crippen LogP contribution >= 0.6 is 0 Å². The second kappa shape index (κ2) is 12.7. The Balaban J connectivity index is 1.04. The summed E-state index contributed by atoms with van der Waals surface area (Å²) in [6, 6.07) is 59.0. The number of anilines is 6. The Kier molecular flexibility index (Phi) is 6.97. The molecule has 9 aromatic carbocycles. The molecule has 9 aromatic rings. The van der Waals surface area contributed by atoms with Gasteiger partial charge in [0.2, 0.25) is 0 Å². The number of allylic oxidation sites excluding steroid dienone is 4. The summed E-state index contributed by atoms with van der Waals surface area (Å²) < 4.78 is 0. The lowest BCUT2D eigenvalue weighted by Gasteiger charge is -2.46. The number of nitrogens with zero attached hydrogens (tertiary/aromatic N) is 2. The fourth-order valence-electron chi connectivity index (χ4n) is 13.4. The maximum atomic E-state index is 2.72. The van der Waals surface area contributed by atoms with Gasteiger partial charge in [-0.3, -0.25) is 0 Å². The standard InChI is InChI=1S/C60H43BN2/c1-2-17-43-41(15-1)42-16-4-6-21-47(42)51-35-38(31-32-48(43)51)62-55-27-12-28-56-58(55)61(52-33-29-36-13-9-23-39(36)59(52)62)53-34-30-37-14-10-24-40(37)60(53)63(56)54-26-11-25-50-46-19-5-3-18-44(46)45-20-7-8-22-49(45)57(50)54/h1-8,11-12,15-22,25-35,42,47H,9-10,13-14,23-24H2. The highest BCUT2D eigenvalue weighted by Crippen LogP contribution is 2.54. The predicted molar refractivity (Wildman–Crippen MR) is 266 cm³/mol. The molecule has 6 aliphatic rings. The van der Waals surface area contributed by atoms with E-state index in [1.807, 2.05) is 0 Å². The molecule has 2 unspecified atom stereocenters. The molecular weight excluding hydrogens is 759 g/mol. The fourth-order valence-corrected chi connectivity index (χ4v) is 13.4. The SMILES string of the molecule is C1=CC2c3ccccc3-c3ccc(N4c5cccc6c5B(c5ccc7c(c54)CCC7)c4ccc5c(c4N6c4cccc6c7ccccc7c7ccccc7c46)CCC5)cc3C2C=C1. The molecule has 0 saturated carbocycles. The average Bonchev–Trinajstić information content (AvgIpc) is 4.05. The summed E-state index contributed by atoms with van der Waals surface area (Å²) in [7, 11) is 0. The molecule has 15 rings (SSSR count). The van der Waals surface area contributed by atoms with E-state index in [1.54, 1.807) is 5.56 Å². The molecule has 63 heavy (non-hydrogen) atoms. The number of benzene rings is 9. The fraction of sp³-hybridized carbons (Fsp3) is 0.133. The maximum Gasteiger partial charge on any atom is 0.252 e. The van der Waals surface area contributed by atoms with Crippen LogP contribution in [0.2, 0.25) is 0 Å². The molecule has 0 fully saturated rings. The van der Waals surface area contributed by atoms with Crippen LogP contribution in [0.3, 0.4) is 0 Å². The van der Waals surface area contributed by atoms with Crippen LogP contribution in [0.4, 0.5) is 34.1 Å². The Morgan fingerprint density at radius 3 is 1.68 bits per heavy atom. The van der Waals surface area contributed by atoms with Crippen molar-refractivity contribution in [3.8, 4) is 11.1 Å². The molecular formula is C60H43BN2. The van der Waals surface area contributed by atoms with E-state index in [0.29, 0.717) is 11.8 Å². The van der Waals surface area contributed by atoms with Gasteiger partial charge >= 0.3 is 0 Å². The van der Waals surface area contributed by atoms with Crippen molar-refractivity contribution in [2.24, 2.45) is 0 Å². The topological polar surface area (TPSA) is 6.48 Å². The Morgan fingerprint density at radius 1 is 0.429 bits per heavy atom. The van der Waals surface area contributed by atoms with Gasteiger partial charge in [-0.1, -0.05) is 146 Å².